The maximum atomic E-state index is 11.8. The summed E-state index contributed by atoms with van der Waals surface area (Å²) < 4.78 is 0. The highest BCUT2D eigenvalue weighted by molar-refractivity contribution is 5.73. The molecule has 1 aromatic carbocycles. The van der Waals surface area contributed by atoms with E-state index in [0.29, 0.717) is 18.0 Å². The molecule has 3 nitrogen and oxygen atoms in total. The lowest BCUT2D eigenvalue weighted by atomic mass is 10.0. The number of benzene rings is 1. The fourth-order valence-corrected chi connectivity index (χ4v) is 4.75. The minimum absolute atomic E-state index is 0.240. The molecule has 4 rings (SSSR count). The average Bonchev–Trinajstić information content (AvgIpc) is 3.18. The molecule has 2 aliphatic heterocycles. The molecule has 0 radical (unpaired) electrons. The molecule has 2 saturated heterocycles. The zero-order valence-corrected chi connectivity index (χ0v) is 13.6. The minimum Gasteiger partial charge on any atom is -0.341 e. The summed E-state index contributed by atoms with van der Waals surface area (Å²) >= 11 is 0. The maximum Gasteiger partial charge on any atom is 0.219 e. The quantitative estimate of drug-likeness (QED) is 0.856. The number of hydrogen-bond acceptors (Lipinski definition) is 2. The van der Waals surface area contributed by atoms with Crippen molar-refractivity contribution in [2.75, 3.05) is 13.1 Å². The van der Waals surface area contributed by atoms with Gasteiger partial charge in [-0.15, -0.1) is 0 Å². The first-order valence-corrected chi connectivity index (χ1v) is 8.73. The van der Waals surface area contributed by atoms with Gasteiger partial charge < -0.3 is 4.90 Å². The van der Waals surface area contributed by atoms with Crippen molar-refractivity contribution in [3.8, 4) is 0 Å². The molecule has 1 aromatic rings. The van der Waals surface area contributed by atoms with E-state index in [9.17, 15) is 4.79 Å². The first-order chi connectivity index (χ1) is 10.6. The van der Waals surface area contributed by atoms with E-state index in [1.54, 1.807) is 6.92 Å². The number of nitrogens with zero attached hydrogens (tertiary/aromatic N) is 2. The monoisotopic (exact) mass is 298 g/mol. The van der Waals surface area contributed by atoms with Crippen molar-refractivity contribution in [1.82, 2.24) is 9.80 Å². The van der Waals surface area contributed by atoms with E-state index in [1.807, 2.05) is 0 Å². The van der Waals surface area contributed by atoms with Crippen LogP contribution in [0, 0.1) is 11.8 Å². The molecule has 1 saturated carbocycles. The summed E-state index contributed by atoms with van der Waals surface area (Å²) in [5, 5.41) is 0. The molecule has 22 heavy (non-hydrogen) atoms. The number of carbonyl (C=O) groups excluding carboxylic acids is 1. The second kappa shape index (κ2) is 5.38. The number of rotatable bonds is 3. The SMILES string of the molecule is CC(=O)N1C[C@H]2CC(C3CC3)N([C@H](C)c3ccccc3)[C@H]2C1. The van der Waals surface area contributed by atoms with Gasteiger partial charge in [0, 0.05) is 38.1 Å². The van der Waals surface area contributed by atoms with Crippen molar-refractivity contribution in [3.05, 3.63) is 35.9 Å². The Bertz CT molecular complexity index is 554. The molecule has 3 heteroatoms. The zero-order valence-electron chi connectivity index (χ0n) is 13.6. The summed E-state index contributed by atoms with van der Waals surface area (Å²) in [6.07, 6.45) is 4.09. The molecular formula is C19H26N2O. The molecule has 2 heterocycles. The van der Waals surface area contributed by atoms with Gasteiger partial charge in [-0.25, -0.2) is 0 Å². The standard InChI is InChI=1S/C19H26N2O/c1-13(15-6-4-3-5-7-15)21-18(16-8-9-16)10-17-11-20(14(2)22)12-19(17)21/h3-7,13,16-19H,8-12H2,1-2H3/t13-,17-,18?,19+/m1/s1. The second-order valence-corrected chi connectivity index (χ2v) is 7.43. The zero-order chi connectivity index (χ0) is 15.3. The Kier molecular flexibility index (Phi) is 3.48. The third-order valence-electron chi connectivity index (χ3n) is 6.06. The average molecular weight is 298 g/mol. The normalized spacial score (nSPS) is 33.0. The van der Waals surface area contributed by atoms with Gasteiger partial charge in [0.05, 0.1) is 0 Å². The summed E-state index contributed by atoms with van der Waals surface area (Å²) in [7, 11) is 0. The smallest absolute Gasteiger partial charge is 0.219 e. The van der Waals surface area contributed by atoms with E-state index in [-0.39, 0.29) is 5.91 Å². The van der Waals surface area contributed by atoms with Gasteiger partial charge in [0.2, 0.25) is 5.91 Å². The maximum absolute atomic E-state index is 11.8. The van der Waals surface area contributed by atoms with Crippen LogP contribution in [0.15, 0.2) is 30.3 Å². The Balaban J connectivity index is 1.60. The third kappa shape index (κ3) is 2.36. The molecular weight excluding hydrogens is 272 g/mol. The third-order valence-corrected chi connectivity index (χ3v) is 6.06. The molecule has 0 spiro atoms. The largest absolute Gasteiger partial charge is 0.341 e. The molecule has 4 atom stereocenters. The lowest BCUT2D eigenvalue weighted by Gasteiger charge is -2.36. The highest BCUT2D eigenvalue weighted by atomic mass is 16.2. The van der Waals surface area contributed by atoms with E-state index in [4.69, 9.17) is 0 Å². The number of fused-ring (bicyclic) bond motifs is 1. The first kappa shape index (κ1) is 14.3. The summed E-state index contributed by atoms with van der Waals surface area (Å²) in [6, 6.07) is 12.6. The van der Waals surface area contributed by atoms with E-state index < -0.39 is 0 Å². The summed E-state index contributed by atoms with van der Waals surface area (Å²) in [5.41, 5.74) is 1.41. The highest BCUT2D eigenvalue weighted by Crippen LogP contribution is 2.49. The van der Waals surface area contributed by atoms with Crippen molar-refractivity contribution in [2.45, 2.75) is 51.2 Å². The summed E-state index contributed by atoms with van der Waals surface area (Å²) in [6.45, 7) is 5.97. The Morgan fingerprint density at radius 3 is 2.45 bits per heavy atom. The molecule has 1 unspecified atom stereocenters. The van der Waals surface area contributed by atoms with Crippen LogP contribution in [-0.4, -0.2) is 40.9 Å². The van der Waals surface area contributed by atoms with Gasteiger partial charge in [-0.3, -0.25) is 9.69 Å². The topological polar surface area (TPSA) is 23.6 Å². The Morgan fingerprint density at radius 2 is 1.82 bits per heavy atom. The molecule has 3 fully saturated rings. The van der Waals surface area contributed by atoms with Gasteiger partial charge in [-0.1, -0.05) is 30.3 Å². The molecule has 0 N–H and O–H groups in total. The van der Waals surface area contributed by atoms with Crippen molar-refractivity contribution < 1.29 is 4.79 Å². The van der Waals surface area contributed by atoms with Crippen LogP contribution in [0.1, 0.15) is 44.7 Å². The number of hydrogen-bond donors (Lipinski definition) is 0. The molecule has 118 valence electrons. The molecule has 3 aliphatic rings. The predicted octanol–water partition coefficient (Wildman–Crippen LogP) is 3.08. The van der Waals surface area contributed by atoms with Crippen LogP contribution < -0.4 is 0 Å². The summed E-state index contributed by atoms with van der Waals surface area (Å²) in [5.74, 6) is 1.83. The van der Waals surface area contributed by atoms with Crippen LogP contribution in [0.4, 0.5) is 0 Å². The first-order valence-electron chi connectivity index (χ1n) is 8.73. The molecule has 1 aliphatic carbocycles. The Labute approximate surface area is 133 Å². The van der Waals surface area contributed by atoms with Gasteiger partial charge in [0.1, 0.15) is 0 Å². The van der Waals surface area contributed by atoms with Crippen LogP contribution in [0.2, 0.25) is 0 Å². The van der Waals surface area contributed by atoms with Crippen LogP contribution in [-0.2, 0) is 4.79 Å². The fourth-order valence-electron chi connectivity index (χ4n) is 4.75. The second-order valence-electron chi connectivity index (χ2n) is 7.43. The van der Waals surface area contributed by atoms with Crippen molar-refractivity contribution in [1.29, 1.82) is 0 Å². The van der Waals surface area contributed by atoms with Gasteiger partial charge in [0.25, 0.3) is 0 Å². The van der Waals surface area contributed by atoms with Crippen LogP contribution in [0.5, 0.6) is 0 Å². The van der Waals surface area contributed by atoms with E-state index in [2.05, 4.69) is 47.1 Å². The fraction of sp³-hybridized carbons (Fsp3) is 0.632. The number of amides is 1. The predicted molar refractivity (Wildman–Crippen MR) is 87.4 cm³/mol. The highest BCUT2D eigenvalue weighted by Gasteiger charge is 2.52. The van der Waals surface area contributed by atoms with Crippen LogP contribution in [0.25, 0.3) is 0 Å². The number of likely N-dealkylation sites (tertiary alicyclic amines) is 2. The van der Waals surface area contributed by atoms with E-state index >= 15 is 0 Å². The van der Waals surface area contributed by atoms with Gasteiger partial charge >= 0.3 is 0 Å². The Hall–Kier alpha value is -1.35. The number of carbonyl (C=O) groups is 1. The van der Waals surface area contributed by atoms with Crippen LogP contribution >= 0.6 is 0 Å². The van der Waals surface area contributed by atoms with Crippen LogP contribution in [0.3, 0.4) is 0 Å². The molecule has 1 amide bonds. The Morgan fingerprint density at radius 1 is 1.09 bits per heavy atom. The van der Waals surface area contributed by atoms with Crippen molar-refractivity contribution >= 4 is 5.91 Å². The van der Waals surface area contributed by atoms with Crippen molar-refractivity contribution in [3.63, 3.8) is 0 Å². The lowest BCUT2D eigenvalue weighted by molar-refractivity contribution is -0.128. The van der Waals surface area contributed by atoms with Crippen molar-refractivity contribution in [2.24, 2.45) is 11.8 Å². The van der Waals surface area contributed by atoms with Gasteiger partial charge in [-0.2, -0.15) is 0 Å². The van der Waals surface area contributed by atoms with Gasteiger partial charge in [-0.05, 0) is 43.6 Å². The summed E-state index contributed by atoms with van der Waals surface area (Å²) in [4.78, 5) is 16.6. The minimum atomic E-state index is 0.240. The molecule has 0 aromatic heterocycles. The lowest BCUT2D eigenvalue weighted by Crippen LogP contribution is -2.43. The van der Waals surface area contributed by atoms with Gasteiger partial charge in [0.15, 0.2) is 0 Å². The molecule has 0 bridgehead atoms. The van der Waals surface area contributed by atoms with E-state index in [0.717, 1.165) is 25.0 Å². The van der Waals surface area contributed by atoms with E-state index in [1.165, 1.54) is 24.8 Å².